The molecule has 2 N–H and O–H groups in total. The minimum atomic E-state index is 0.180. The first-order valence-corrected chi connectivity index (χ1v) is 11.2. The second-order valence-corrected chi connectivity index (χ2v) is 10.1. The second-order valence-electron chi connectivity index (χ2n) is 6.32. The van der Waals surface area contributed by atoms with Gasteiger partial charge >= 0.3 is 0 Å². The molecule has 0 saturated carbocycles. The first kappa shape index (κ1) is 15.9. The molecule has 0 amide bonds. The van der Waals surface area contributed by atoms with Crippen molar-refractivity contribution in [2.24, 2.45) is 11.7 Å². The summed E-state index contributed by atoms with van der Waals surface area (Å²) in [6.07, 6.45) is 4.88. The normalized spacial score (nSPS) is 43.8. The Morgan fingerprint density at radius 2 is 2.15 bits per heavy atom. The Balaban J connectivity index is 1.64. The zero-order chi connectivity index (χ0) is 14.0. The number of thioether (sulfide) groups is 3. The Bertz CT molecular complexity index is 322. The fourth-order valence-corrected chi connectivity index (χ4v) is 8.47. The molecule has 5 heteroatoms. The number of nitrogens with two attached hydrogens (primary N) is 1. The van der Waals surface area contributed by atoms with E-state index in [1.54, 1.807) is 0 Å². The summed E-state index contributed by atoms with van der Waals surface area (Å²) in [6, 6.07) is 0.365. The minimum Gasteiger partial charge on any atom is -0.374 e. The maximum Gasteiger partial charge on any atom is 0.0783 e. The summed E-state index contributed by atoms with van der Waals surface area (Å²) in [5, 5.41) is 1.42. The molecular weight excluding hydrogens is 306 g/mol. The van der Waals surface area contributed by atoms with E-state index in [4.69, 9.17) is 10.5 Å². The van der Waals surface area contributed by atoms with E-state index in [0.717, 1.165) is 11.9 Å². The van der Waals surface area contributed by atoms with E-state index in [9.17, 15) is 0 Å². The van der Waals surface area contributed by atoms with Crippen LogP contribution in [0.4, 0.5) is 0 Å². The molecule has 3 rings (SSSR count). The lowest BCUT2D eigenvalue weighted by atomic mass is 9.80. The summed E-state index contributed by atoms with van der Waals surface area (Å²) >= 11 is 6.35. The molecule has 0 aromatic rings. The van der Waals surface area contributed by atoms with E-state index in [-0.39, 0.29) is 5.60 Å². The van der Waals surface area contributed by atoms with Gasteiger partial charge in [-0.15, -0.1) is 0 Å². The van der Waals surface area contributed by atoms with E-state index >= 15 is 0 Å². The van der Waals surface area contributed by atoms with Crippen LogP contribution in [0.1, 0.15) is 32.6 Å². The summed E-state index contributed by atoms with van der Waals surface area (Å²) < 4.78 is 6.16. The van der Waals surface area contributed by atoms with Crippen LogP contribution in [0.2, 0.25) is 0 Å². The third-order valence-electron chi connectivity index (χ3n) is 5.02. The number of ether oxygens (including phenoxy) is 1. The van der Waals surface area contributed by atoms with Crippen molar-refractivity contribution >= 4 is 35.3 Å². The van der Waals surface area contributed by atoms with Crippen molar-refractivity contribution in [3.05, 3.63) is 0 Å². The van der Waals surface area contributed by atoms with Crippen LogP contribution >= 0.6 is 35.3 Å². The topological polar surface area (TPSA) is 35.2 Å². The molecule has 116 valence electrons. The SMILES string of the molecule is CCC1SCCSC1C(N)C1CCOC2(CCSC2)C1. The lowest BCUT2D eigenvalue weighted by Crippen LogP contribution is -2.51. The molecule has 3 fully saturated rings. The smallest absolute Gasteiger partial charge is 0.0783 e. The van der Waals surface area contributed by atoms with Gasteiger partial charge in [-0.25, -0.2) is 0 Å². The van der Waals surface area contributed by atoms with Crippen LogP contribution in [0, 0.1) is 5.92 Å². The van der Waals surface area contributed by atoms with E-state index in [2.05, 4.69) is 42.2 Å². The fraction of sp³-hybridized carbons (Fsp3) is 1.00. The van der Waals surface area contributed by atoms with Gasteiger partial charge in [-0.2, -0.15) is 35.3 Å². The van der Waals surface area contributed by atoms with E-state index in [1.807, 2.05) is 0 Å². The largest absolute Gasteiger partial charge is 0.374 e. The Labute approximate surface area is 136 Å². The lowest BCUT2D eigenvalue weighted by molar-refractivity contribution is -0.0832. The predicted molar refractivity (Wildman–Crippen MR) is 94.1 cm³/mol. The molecule has 0 aromatic heterocycles. The highest BCUT2D eigenvalue weighted by atomic mass is 32.2. The molecule has 20 heavy (non-hydrogen) atoms. The van der Waals surface area contributed by atoms with E-state index in [1.165, 1.54) is 48.7 Å². The third-order valence-corrected chi connectivity index (χ3v) is 9.63. The van der Waals surface area contributed by atoms with Gasteiger partial charge in [0.05, 0.1) is 5.60 Å². The van der Waals surface area contributed by atoms with Gasteiger partial charge in [0.1, 0.15) is 0 Å². The van der Waals surface area contributed by atoms with Gasteiger partial charge in [-0.3, -0.25) is 0 Å². The van der Waals surface area contributed by atoms with Crippen LogP contribution in [-0.2, 0) is 4.74 Å². The minimum absolute atomic E-state index is 0.180. The number of hydrogen-bond acceptors (Lipinski definition) is 5. The molecule has 0 aliphatic carbocycles. The van der Waals surface area contributed by atoms with Crippen molar-refractivity contribution in [2.45, 2.75) is 54.7 Å². The first-order chi connectivity index (χ1) is 9.74. The average molecular weight is 334 g/mol. The lowest BCUT2D eigenvalue weighted by Gasteiger charge is -2.44. The molecule has 5 atom stereocenters. The van der Waals surface area contributed by atoms with Crippen LogP contribution in [0.15, 0.2) is 0 Å². The van der Waals surface area contributed by atoms with E-state index < -0.39 is 0 Å². The highest BCUT2D eigenvalue weighted by Gasteiger charge is 2.44. The first-order valence-electron chi connectivity index (χ1n) is 7.94. The van der Waals surface area contributed by atoms with Gasteiger partial charge in [-0.05, 0) is 37.4 Å². The van der Waals surface area contributed by atoms with Crippen LogP contribution in [0.5, 0.6) is 0 Å². The Morgan fingerprint density at radius 3 is 2.90 bits per heavy atom. The van der Waals surface area contributed by atoms with Crippen LogP contribution in [0.3, 0.4) is 0 Å². The number of hydrogen-bond donors (Lipinski definition) is 1. The fourth-order valence-electron chi connectivity index (χ4n) is 3.82. The molecule has 0 radical (unpaired) electrons. The van der Waals surface area contributed by atoms with Crippen molar-refractivity contribution in [3.63, 3.8) is 0 Å². The molecule has 3 aliphatic rings. The van der Waals surface area contributed by atoms with Crippen molar-refractivity contribution in [1.29, 1.82) is 0 Å². The zero-order valence-electron chi connectivity index (χ0n) is 12.4. The summed E-state index contributed by atoms with van der Waals surface area (Å²) in [5.41, 5.74) is 6.92. The molecule has 3 saturated heterocycles. The van der Waals surface area contributed by atoms with Crippen LogP contribution in [-0.4, -0.2) is 51.8 Å². The van der Waals surface area contributed by atoms with Crippen molar-refractivity contribution < 1.29 is 4.74 Å². The highest BCUT2D eigenvalue weighted by molar-refractivity contribution is 8.07. The maximum atomic E-state index is 6.74. The summed E-state index contributed by atoms with van der Waals surface area (Å²) in [5.74, 6) is 5.73. The van der Waals surface area contributed by atoms with Gasteiger partial charge in [0, 0.05) is 40.4 Å². The molecular formula is C15H27NOS3. The molecule has 3 aliphatic heterocycles. The number of rotatable bonds is 3. The van der Waals surface area contributed by atoms with Crippen molar-refractivity contribution in [2.75, 3.05) is 29.6 Å². The Morgan fingerprint density at radius 1 is 1.30 bits per heavy atom. The average Bonchev–Trinajstić information content (AvgIpc) is 2.94. The van der Waals surface area contributed by atoms with Crippen molar-refractivity contribution in [3.8, 4) is 0 Å². The molecule has 3 heterocycles. The van der Waals surface area contributed by atoms with Gasteiger partial charge < -0.3 is 10.5 Å². The van der Waals surface area contributed by atoms with Gasteiger partial charge in [-0.1, -0.05) is 6.92 Å². The quantitative estimate of drug-likeness (QED) is 0.858. The summed E-state index contributed by atoms with van der Waals surface area (Å²) in [7, 11) is 0. The molecule has 5 unspecified atom stereocenters. The molecule has 0 aromatic carbocycles. The van der Waals surface area contributed by atoms with Gasteiger partial charge in [0.25, 0.3) is 0 Å². The third kappa shape index (κ3) is 3.32. The maximum absolute atomic E-state index is 6.74. The van der Waals surface area contributed by atoms with Gasteiger partial charge in [0.2, 0.25) is 0 Å². The standard InChI is InChI=1S/C15H27NOS3/c1-2-12-14(20-8-7-19-12)13(16)11-3-5-17-15(9-11)4-6-18-10-15/h11-14H,2-10,16H2,1H3. The zero-order valence-corrected chi connectivity index (χ0v) is 14.8. The van der Waals surface area contributed by atoms with Crippen LogP contribution in [0.25, 0.3) is 0 Å². The van der Waals surface area contributed by atoms with Crippen LogP contribution < -0.4 is 5.73 Å². The molecule has 2 nitrogen and oxygen atoms in total. The summed E-state index contributed by atoms with van der Waals surface area (Å²) in [4.78, 5) is 0. The summed E-state index contributed by atoms with van der Waals surface area (Å²) in [6.45, 7) is 3.25. The molecule has 1 spiro atoms. The highest BCUT2D eigenvalue weighted by Crippen LogP contribution is 2.44. The Kier molecular flexibility index (Phi) is 5.57. The monoisotopic (exact) mass is 333 g/mol. The second kappa shape index (κ2) is 7.03. The molecule has 0 bridgehead atoms. The predicted octanol–water partition coefficient (Wildman–Crippen LogP) is 3.24. The van der Waals surface area contributed by atoms with Crippen molar-refractivity contribution in [1.82, 2.24) is 0 Å². The van der Waals surface area contributed by atoms with Gasteiger partial charge in [0.15, 0.2) is 0 Å². The Hall–Kier alpha value is 0.970. The van der Waals surface area contributed by atoms with E-state index in [0.29, 0.717) is 17.2 Å².